The van der Waals surface area contributed by atoms with E-state index in [1.54, 1.807) is 24.0 Å². The van der Waals surface area contributed by atoms with Gasteiger partial charge in [-0.05, 0) is 6.07 Å². The Bertz CT molecular complexity index is 709. The molecule has 0 spiro atoms. The van der Waals surface area contributed by atoms with Crippen molar-refractivity contribution in [3.05, 3.63) is 41.0 Å². The quantitative estimate of drug-likeness (QED) is 0.554. The van der Waals surface area contributed by atoms with Crippen LogP contribution in [0.2, 0.25) is 0 Å². The van der Waals surface area contributed by atoms with Crippen molar-refractivity contribution in [1.29, 1.82) is 0 Å². The van der Waals surface area contributed by atoms with Gasteiger partial charge < -0.3 is 8.98 Å². The smallest absolute Gasteiger partial charge is 0.345 e. The van der Waals surface area contributed by atoms with Crippen molar-refractivity contribution in [3.8, 4) is 0 Å². The number of rotatable bonds is 0. The molecule has 3 aromatic rings. The molecule has 0 fully saturated rings. The first-order valence-corrected chi connectivity index (χ1v) is 4.60. The van der Waals surface area contributed by atoms with Crippen LogP contribution in [0.4, 0.5) is 0 Å². The molecule has 2 heterocycles. The van der Waals surface area contributed by atoms with E-state index in [-0.39, 0.29) is 5.63 Å². The zero-order valence-corrected chi connectivity index (χ0v) is 8.10. The molecule has 0 aliphatic rings. The minimum Gasteiger partial charge on any atom is -0.403 e. The van der Waals surface area contributed by atoms with E-state index in [0.717, 1.165) is 10.9 Å². The Morgan fingerprint density at radius 3 is 2.80 bits per heavy atom. The lowest BCUT2D eigenvalue weighted by Gasteiger charge is -1.97. The maximum Gasteiger partial charge on any atom is 0.345 e. The Morgan fingerprint density at radius 1 is 1.27 bits per heavy atom. The van der Waals surface area contributed by atoms with Crippen LogP contribution >= 0.6 is 0 Å². The van der Waals surface area contributed by atoms with Gasteiger partial charge in [0.25, 0.3) is 0 Å². The van der Waals surface area contributed by atoms with E-state index in [4.69, 9.17) is 4.42 Å². The van der Waals surface area contributed by atoms with Crippen LogP contribution in [0, 0.1) is 0 Å². The normalized spacial score (nSPS) is 11.3. The molecular formula is C11H8N2O2. The average Bonchev–Trinajstić information content (AvgIpc) is 2.62. The van der Waals surface area contributed by atoms with E-state index >= 15 is 0 Å². The highest BCUT2D eigenvalue weighted by Crippen LogP contribution is 2.20. The van der Waals surface area contributed by atoms with E-state index < -0.39 is 0 Å². The first kappa shape index (κ1) is 8.23. The number of hydrogen-bond donors (Lipinski definition) is 0. The van der Waals surface area contributed by atoms with Crippen LogP contribution in [-0.4, -0.2) is 9.55 Å². The van der Waals surface area contributed by atoms with Crippen molar-refractivity contribution >= 4 is 22.0 Å². The number of aryl methyl sites for hydroxylation is 1. The van der Waals surface area contributed by atoms with Gasteiger partial charge in [-0.25, -0.2) is 9.78 Å². The molecule has 0 unspecified atom stereocenters. The molecule has 74 valence electrons. The molecule has 4 nitrogen and oxygen atoms in total. The van der Waals surface area contributed by atoms with Crippen LogP contribution in [0.25, 0.3) is 22.0 Å². The predicted molar refractivity (Wildman–Crippen MR) is 56.8 cm³/mol. The van der Waals surface area contributed by atoms with Gasteiger partial charge in [0.15, 0.2) is 0 Å². The first-order valence-electron chi connectivity index (χ1n) is 4.60. The number of imidazole rings is 1. The van der Waals surface area contributed by atoms with Crippen molar-refractivity contribution in [2.24, 2.45) is 7.05 Å². The molecule has 0 aliphatic heterocycles. The van der Waals surface area contributed by atoms with Gasteiger partial charge in [-0.1, -0.05) is 18.2 Å². The van der Waals surface area contributed by atoms with Crippen LogP contribution in [0.15, 0.2) is 39.8 Å². The van der Waals surface area contributed by atoms with Gasteiger partial charge in [-0.3, -0.25) is 0 Å². The summed E-state index contributed by atoms with van der Waals surface area (Å²) in [6.45, 7) is 0. The monoisotopic (exact) mass is 200 g/mol. The average molecular weight is 200 g/mol. The first-order chi connectivity index (χ1) is 7.27. The van der Waals surface area contributed by atoms with E-state index in [1.807, 2.05) is 18.2 Å². The highest BCUT2D eigenvalue weighted by atomic mass is 16.4. The van der Waals surface area contributed by atoms with Gasteiger partial charge in [-0.15, -0.1) is 0 Å². The van der Waals surface area contributed by atoms with Crippen LogP contribution < -0.4 is 5.63 Å². The van der Waals surface area contributed by atoms with Crippen molar-refractivity contribution < 1.29 is 4.42 Å². The van der Waals surface area contributed by atoms with Crippen molar-refractivity contribution in [2.75, 3.05) is 0 Å². The van der Waals surface area contributed by atoms with Gasteiger partial charge in [-0.2, -0.15) is 0 Å². The lowest BCUT2D eigenvalue weighted by molar-refractivity contribution is 0.543. The van der Waals surface area contributed by atoms with Gasteiger partial charge >= 0.3 is 5.63 Å². The molecule has 0 bridgehead atoms. The fourth-order valence-corrected chi connectivity index (χ4v) is 1.73. The van der Waals surface area contributed by atoms with Gasteiger partial charge in [0, 0.05) is 12.4 Å². The fraction of sp³-hybridized carbons (Fsp3) is 0.0909. The highest BCUT2D eigenvalue weighted by Gasteiger charge is 2.09. The summed E-state index contributed by atoms with van der Waals surface area (Å²) in [5.74, 6) is 0. The molecule has 0 atom stereocenters. The number of benzene rings is 1. The maximum absolute atomic E-state index is 11.6. The Labute approximate surface area is 84.8 Å². The van der Waals surface area contributed by atoms with Gasteiger partial charge in [0.2, 0.25) is 5.71 Å². The molecule has 0 saturated carbocycles. The number of aromatic nitrogens is 2. The van der Waals surface area contributed by atoms with Crippen LogP contribution in [-0.2, 0) is 7.05 Å². The molecular weight excluding hydrogens is 192 g/mol. The maximum atomic E-state index is 11.6. The third-order valence-corrected chi connectivity index (χ3v) is 2.47. The number of nitrogens with zero attached hydrogens (tertiary/aromatic N) is 2. The standard InChI is InChI=1S/C11H8N2O2/c1-13-6-12-9-7-4-2-3-5-8(7)11(14)15-10(9)13/h2-6H,1H3. The van der Waals surface area contributed by atoms with Crippen molar-refractivity contribution in [3.63, 3.8) is 0 Å². The summed E-state index contributed by atoms with van der Waals surface area (Å²) >= 11 is 0. The molecule has 4 heteroatoms. The second kappa shape index (κ2) is 2.70. The van der Waals surface area contributed by atoms with Gasteiger partial charge in [0.05, 0.1) is 11.7 Å². The van der Waals surface area contributed by atoms with E-state index in [1.165, 1.54) is 0 Å². The Kier molecular flexibility index (Phi) is 1.48. The largest absolute Gasteiger partial charge is 0.403 e. The zero-order chi connectivity index (χ0) is 10.4. The van der Waals surface area contributed by atoms with E-state index in [0.29, 0.717) is 11.1 Å². The van der Waals surface area contributed by atoms with Crippen molar-refractivity contribution in [2.45, 2.75) is 0 Å². The van der Waals surface area contributed by atoms with Gasteiger partial charge in [0.1, 0.15) is 5.52 Å². The second-order valence-electron chi connectivity index (χ2n) is 3.44. The molecule has 0 N–H and O–H groups in total. The summed E-state index contributed by atoms with van der Waals surface area (Å²) in [6.07, 6.45) is 1.64. The summed E-state index contributed by atoms with van der Waals surface area (Å²) in [5, 5.41) is 1.41. The molecule has 0 saturated heterocycles. The molecule has 1 aromatic carbocycles. The number of fused-ring (bicyclic) bond motifs is 3. The summed E-state index contributed by atoms with van der Waals surface area (Å²) in [6, 6.07) is 7.32. The molecule has 2 aromatic heterocycles. The third kappa shape index (κ3) is 1.01. The SMILES string of the molecule is Cn1cnc2c3ccccc3c(=O)oc21. The Hall–Kier alpha value is -2.10. The highest BCUT2D eigenvalue weighted by molar-refractivity contribution is 6.00. The summed E-state index contributed by atoms with van der Waals surface area (Å²) in [7, 11) is 1.80. The lowest BCUT2D eigenvalue weighted by atomic mass is 10.2. The molecule has 0 amide bonds. The third-order valence-electron chi connectivity index (χ3n) is 2.47. The summed E-state index contributed by atoms with van der Waals surface area (Å²) < 4.78 is 6.89. The molecule has 3 rings (SSSR count). The predicted octanol–water partition coefficient (Wildman–Crippen LogP) is 1.68. The summed E-state index contributed by atoms with van der Waals surface area (Å²) in [5.41, 5.74) is 0.924. The van der Waals surface area contributed by atoms with Crippen LogP contribution in [0.1, 0.15) is 0 Å². The summed E-state index contributed by atoms with van der Waals surface area (Å²) in [4.78, 5) is 15.9. The van der Waals surface area contributed by atoms with E-state index in [2.05, 4.69) is 4.98 Å². The minimum atomic E-state index is -0.318. The Balaban J connectivity index is 2.71. The van der Waals surface area contributed by atoms with E-state index in [9.17, 15) is 4.79 Å². The van der Waals surface area contributed by atoms with Crippen LogP contribution in [0.5, 0.6) is 0 Å². The minimum absolute atomic E-state index is 0.318. The zero-order valence-electron chi connectivity index (χ0n) is 8.10. The molecule has 0 aliphatic carbocycles. The van der Waals surface area contributed by atoms with Crippen LogP contribution in [0.3, 0.4) is 0 Å². The fourth-order valence-electron chi connectivity index (χ4n) is 1.73. The molecule has 0 radical (unpaired) electrons. The second-order valence-corrected chi connectivity index (χ2v) is 3.44. The number of hydrogen-bond acceptors (Lipinski definition) is 3. The topological polar surface area (TPSA) is 48.0 Å². The lowest BCUT2D eigenvalue weighted by Crippen LogP contribution is -2.00. The Morgan fingerprint density at radius 2 is 2.00 bits per heavy atom. The van der Waals surface area contributed by atoms with Crippen molar-refractivity contribution in [1.82, 2.24) is 9.55 Å². The molecule has 15 heavy (non-hydrogen) atoms.